The lowest BCUT2D eigenvalue weighted by atomic mass is 10.0. The molecule has 0 rings (SSSR count). The van der Waals surface area contributed by atoms with Crippen LogP contribution in [0.4, 0.5) is 0 Å². The summed E-state index contributed by atoms with van der Waals surface area (Å²) in [5, 5.41) is 10.6. The number of hydrogen-bond donors (Lipinski definition) is 3. The Labute approximate surface area is 537 Å². The van der Waals surface area contributed by atoms with Gasteiger partial charge in [-0.05, 0) is 37.5 Å². The molecule has 0 amide bonds. The van der Waals surface area contributed by atoms with Gasteiger partial charge in [0.05, 0.1) is 26.4 Å². The van der Waals surface area contributed by atoms with E-state index in [0.29, 0.717) is 31.6 Å². The number of aliphatic hydroxyl groups excluding tert-OH is 1. The third-order valence-corrected chi connectivity index (χ3v) is 17.9. The molecule has 0 fully saturated rings. The maximum Gasteiger partial charge on any atom is 0.472 e. The second-order valence-corrected chi connectivity index (χ2v) is 28.8. The molecule has 0 aromatic carbocycles. The molecule has 0 aromatic rings. The smallest absolute Gasteiger partial charge is 0.462 e. The number of aliphatic hydroxyl groups is 1. The fourth-order valence-electron chi connectivity index (χ4n) is 10.4. The van der Waals surface area contributed by atoms with Crippen LogP contribution >= 0.6 is 15.6 Å². The fraction of sp³-hybridized carbons (Fsp3) is 0.942. The molecule has 0 aliphatic heterocycles. The summed E-state index contributed by atoms with van der Waals surface area (Å²) >= 11 is 0. The Balaban J connectivity index is 5.21. The van der Waals surface area contributed by atoms with Crippen molar-refractivity contribution in [2.45, 2.75) is 368 Å². The van der Waals surface area contributed by atoms with Crippen molar-refractivity contribution in [2.24, 2.45) is 11.8 Å². The van der Waals surface area contributed by atoms with E-state index < -0.39 is 97.5 Å². The molecule has 88 heavy (non-hydrogen) atoms. The average Bonchev–Trinajstić information content (AvgIpc) is 3.69. The minimum atomic E-state index is -4.95. The summed E-state index contributed by atoms with van der Waals surface area (Å²) in [5.41, 5.74) is 0. The molecule has 5 atom stereocenters. The lowest BCUT2D eigenvalue weighted by Gasteiger charge is -2.21. The van der Waals surface area contributed by atoms with Crippen molar-refractivity contribution in [3.8, 4) is 0 Å². The van der Waals surface area contributed by atoms with Crippen LogP contribution in [0.1, 0.15) is 350 Å². The number of carbonyl (C=O) groups excluding carboxylic acids is 4. The van der Waals surface area contributed by atoms with Gasteiger partial charge in [0.25, 0.3) is 0 Å². The van der Waals surface area contributed by atoms with Gasteiger partial charge in [0.15, 0.2) is 12.2 Å². The highest BCUT2D eigenvalue weighted by molar-refractivity contribution is 7.47. The molecule has 17 nitrogen and oxygen atoms in total. The van der Waals surface area contributed by atoms with Gasteiger partial charge in [-0.2, -0.15) is 0 Å². The van der Waals surface area contributed by atoms with Crippen molar-refractivity contribution in [1.29, 1.82) is 0 Å². The van der Waals surface area contributed by atoms with E-state index in [9.17, 15) is 43.2 Å². The van der Waals surface area contributed by atoms with Gasteiger partial charge in [-0.25, -0.2) is 9.13 Å². The standard InChI is InChI=1S/C69H134O17P2/c1-7-9-11-13-15-17-18-21-25-28-34-40-46-52-67(72)80-58-64(85-68(73)53-47-41-35-29-26-23-20-19-22-24-27-31-37-43-49-61(3)4)59-83-87(75,76)81-55-63(70)56-82-88(77,78)84-60-65(57-79-66(71)51-45-39-33-16-14-12-10-8-2)86-69(74)54-48-42-36-30-32-38-44-50-62(5)6/h61-65,70H,7-60H2,1-6H3,(H,75,76)(H,77,78)/t63-,64-,65-/m1/s1. The predicted octanol–water partition coefficient (Wildman–Crippen LogP) is 19.6. The van der Waals surface area contributed by atoms with Crippen molar-refractivity contribution in [3.05, 3.63) is 0 Å². The molecule has 2 unspecified atom stereocenters. The van der Waals surface area contributed by atoms with Crippen molar-refractivity contribution >= 4 is 39.5 Å². The second kappa shape index (κ2) is 61.3. The third kappa shape index (κ3) is 62.8. The zero-order valence-electron chi connectivity index (χ0n) is 57.0. The zero-order valence-corrected chi connectivity index (χ0v) is 58.8. The van der Waals surface area contributed by atoms with Crippen LogP contribution in [-0.2, 0) is 65.4 Å². The minimum absolute atomic E-state index is 0.103. The van der Waals surface area contributed by atoms with Gasteiger partial charge in [-0.1, -0.05) is 298 Å². The maximum atomic E-state index is 13.0. The minimum Gasteiger partial charge on any atom is -0.462 e. The lowest BCUT2D eigenvalue weighted by Crippen LogP contribution is -2.30. The first-order valence-corrected chi connectivity index (χ1v) is 39.0. The molecule has 0 aliphatic carbocycles. The van der Waals surface area contributed by atoms with Crippen LogP contribution in [0.5, 0.6) is 0 Å². The summed E-state index contributed by atoms with van der Waals surface area (Å²) < 4.78 is 68.2. The number of unbranched alkanes of at least 4 members (excludes halogenated alkanes) is 38. The molecule has 0 aliphatic rings. The Kier molecular flexibility index (Phi) is 59.9. The number of hydrogen-bond acceptors (Lipinski definition) is 15. The number of esters is 4. The van der Waals surface area contributed by atoms with Gasteiger partial charge >= 0.3 is 39.5 Å². The summed E-state index contributed by atoms with van der Waals surface area (Å²) in [6, 6.07) is 0. The largest absolute Gasteiger partial charge is 0.472 e. The van der Waals surface area contributed by atoms with E-state index >= 15 is 0 Å². The zero-order chi connectivity index (χ0) is 65.0. The number of carbonyl (C=O) groups is 4. The maximum absolute atomic E-state index is 13.0. The number of ether oxygens (including phenoxy) is 4. The highest BCUT2D eigenvalue weighted by Gasteiger charge is 2.30. The highest BCUT2D eigenvalue weighted by Crippen LogP contribution is 2.45. The molecule has 19 heteroatoms. The highest BCUT2D eigenvalue weighted by atomic mass is 31.2. The molecule has 0 heterocycles. The third-order valence-electron chi connectivity index (χ3n) is 16.0. The van der Waals surface area contributed by atoms with Crippen molar-refractivity contribution < 1.29 is 80.2 Å². The van der Waals surface area contributed by atoms with E-state index in [0.717, 1.165) is 102 Å². The normalized spacial score (nSPS) is 14.2. The summed E-state index contributed by atoms with van der Waals surface area (Å²) in [6.45, 7) is 9.47. The van der Waals surface area contributed by atoms with Crippen molar-refractivity contribution in [1.82, 2.24) is 0 Å². The van der Waals surface area contributed by atoms with Gasteiger partial charge in [-0.15, -0.1) is 0 Å². The van der Waals surface area contributed by atoms with Crippen LogP contribution in [0, 0.1) is 11.8 Å². The SMILES string of the molecule is CCCCCCCCCCCCCCCC(=O)OC[C@H](COP(=O)(O)OC[C@@H](O)COP(=O)(O)OC[C@@H](COC(=O)CCCCCCCCCC)OC(=O)CCCCCCCCCC(C)C)OC(=O)CCCCCCCCCCCCCCCCC(C)C. The Morgan fingerprint density at radius 2 is 0.523 bits per heavy atom. The molecule has 0 saturated heterocycles. The first-order valence-electron chi connectivity index (χ1n) is 36.0. The van der Waals surface area contributed by atoms with Gasteiger partial charge in [0.2, 0.25) is 0 Å². The number of phosphoric acid groups is 2. The number of phosphoric ester groups is 2. The molecule has 522 valence electrons. The van der Waals surface area contributed by atoms with Gasteiger partial charge in [0, 0.05) is 25.7 Å². The Hall–Kier alpha value is -1.94. The molecule has 0 aromatic heterocycles. The van der Waals surface area contributed by atoms with Gasteiger partial charge in [-0.3, -0.25) is 37.3 Å². The topological polar surface area (TPSA) is 237 Å². The summed E-state index contributed by atoms with van der Waals surface area (Å²) in [6.07, 6.45) is 45.9. The average molecular weight is 1300 g/mol. The Bertz CT molecular complexity index is 1720. The van der Waals surface area contributed by atoms with E-state index in [4.69, 9.17) is 37.0 Å². The van der Waals surface area contributed by atoms with Crippen LogP contribution in [0.2, 0.25) is 0 Å². The molecule has 0 saturated carbocycles. The molecule has 3 N–H and O–H groups in total. The molecule has 0 radical (unpaired) electrons. The van der Waals surface area contributed by atoms with Crippen molar-refractivity contribution in [2.75, 3.05) is 39.6 Å². The fourth-order valence-corrected chi connectivity index (χ4v) is 12.0. The summed E-state index contributed by atoms with van der Waals surface area (Å²) in [4.78, 5) is 72.4. The summed E-state index contributed by atoms with van der Waals surface area (Å²) in [5.74, 6) is -0.638. The monoisotopic (exact) mass is 1300 g/mol. The van der Waals surface area contributed by atoms with Gasteiger partial charge < -0.3 is 33.8 Å². The van der Waals surface area contributed by atoms with Crippen LogP contribution in [0.3, 0.4) is 0 Å². The number of rotatable bonds is 68. The van der Waals surface area contributed by atoms with Crippen LogP contribution in [0.15, 0.2) is 0 Å². The summed E-state index contributed by atoms with van der Waals surface area (Å²) in [7, 11) is -9.89. The van der Waals surface area contributed by atoms with E-state index in [-0.39, 0.29) is 25.7 Å². The molecular formula is C69H134O17P2. The van der Waals surface area contributed by atoms with E-state index in [1.54, 1.807) is 0 Å². The quantitative estimate of drug-likeness (QED) is 0.0222. The Morgan fingerprint density at radius 3 is 0.773 bits per heavy atom. The second-order valence-electron chi connectivity index (χ2n) is 25.9. The van der Waals surface area contributed by atoms with Crippen LogP contribution in [-0.4, -0.2) is 96.7 Å². The van der Waals surface area contributed by atoms with Crippen LogP contribution < -0.4 is 0 Å². The molecule has 0 spiro atoms. The van der Waals surface area contributed by atoms with E-state index in [1.807, 2.05) is 0 Å². The van der Waals surface area contributed by atoms with Crippen LogP contribution in [0.25, 0.3) is 0 Å². The molecule has 0 bridgehead atoms. The van der Waals surface area contributed by atoms with Crippen molar-refractivity contribution in [3.63, 3.8) is 0 Å². The lowest BCUT2D eigenvalue weighted by molar-refractivity contribution is -0.161. The van der Waals surface area contributed by atoms with E-state index in [2.05, 4.69) is 41.5 Å². The first-order chi connectivity index (χ1) is 42.4. The molecular weight excluding hydrogens is 1160 g/mol. The first kappa shape index (κ1) is 86.1. The van der Waals surface area contributed by atoms with E-state index in [1.165, 1.54) is 161 Å². The Morgan fingerprint density at radius 1 is 0.307 bits per heavy atom. The van der Waals surface area contributed by atoms with Gasteiger partial charge in [0.1, 0.15) is 19.3 Å². The predicted molar refractivity (Wildman–Crippen MR) is 354 cm³/mol.